The van der Waals surface area contributed by atoms with Gasteiger partial charge >= 0.3 is 0 Å². The number of carbonyl (C=O) groups excluding carboxylic acids is 1. The molecule has 5 N–H and O–H groups in total. The number of carbonyl (C=O) groups is 1. The Morgan fingerprint density at radius 3 is 2.92 bits per heavy atom. The van der Waals surface area contributed by atoms with Crippen LogP contribution in [-0.2, 0) is 4.74 Å². The zero-order valence-corrected chi connectivity index (χ0v) is 22.2. The van der Waals surface area contributed by atoms with Crippen molar-refractivity contribution in [2.24, 2.45) is 11.8 Å². The molecule has 0 bridgehead atoms. The summed E-state index contributed by atoms with van der Waals surface area (Å²) < 4.78 is 12.9. The Labute approximate surface area is 224 Å². The van der Waals surface area contributed by atoms with Gasteiger partial charge in [-0.25, -0.2) is 14.9 Å². The van der Waals surface area contributed by atoms with E-state index in [0.29, 0.717) is 30.1 Å². The first-order chi connectivity index (χ1) is 17.8. The molecule has 0 radical (unpaired) electrons. The molecule has 5 rings (SSSR count). The van der Waals surface area contributed by atoms with Gasteiger partial charge in [0, 0.05) is 47.8 Å². The second-order valence-corrected chi connectivity index (χ2v) is 10.4. The molecule has 2 aliphatic rings. The maximum atomic E-state index is 13.5. The number of anilines is 1. The van der Waals surface area contributed by atoms with Crippen LogP contribution < -0.4 is 26.6 Å². The van der Waals surface area contributed by atoms with E-state index in [1.165, 1.54) is 4.52 Å². The summed E-state index contributed by atoms with van der Waals surface area (Å²) in [6.45, 7) is 4.42. The van der Waals surface area contributed by atoms with Gasteiger partial charge in [0.1, 0.15) is 16.8 Å². The lowest BCUT2D eigenvalue weighted by molar-refractivity contribution is -0.0429. The first-order valence-electron chi connectivity index (χ1n) is 12.2. The second kappa shape index (κ2) is 10.6. The smallest absolute Gasteiger partial charge is 0.259 e. The van der Waals surface area contributed by atoms with Gasteiger partial charge in [-0.3, -0.25) is 15.2 Å². The van der Waals surface area contributed by atoms with E-state index in [4.69, 9.17) is 38.4 Å². The van der Waals surface area contributed by atoms with Crippen molar-refractivity contribution in [2.75, 3.05) is 19.5 Å². The van der Waals surface area contributed by atoms with Gasteiger partial charge < -0.3 is 20.5 Å². The van der Waals surface area contributed by atoms with Gasteiger partial charge in [0.05, 0.1) is 31.1 Å². The summed E-state index contributed by atoms with van der Waals surface area (Å²) in [7, 11) is 1.57. The quantitative estimate of drug-likeness (QED) is 0.258. The summed E-state index contributed by atoms with van der Waals surface area (Å²) in [5.74, 6) is 0.263. The molecule has 0 spiro atoms. The van der Waals surface area contributed by atoms with E-state index in [1.54, 1.807) is 31.8 Å². The summed E-state index contributed by atoms with van der Waals surface area (Å²) in [5.41, 5.74) is 14.1. The number of fused-ring (bicyclic) bond motifs is 2. The van der Waals surface area contributed by atoms with Crippen LogP contribution in [0.1, 0.15) is 30.6 Å². The van der Waals surface area contributed by atoms with Gasteiger partial charge in [-0.05, 0) is 32.4 Å². The van der Waals surface area contributed by atoms with Crippen molar-refractivity contribution < 1.29 is 14.3 Å². The molecule has 1 saturated carbocycles. The first kappa shape index (κ1) is 25.9. The zero-order chi connectivity index (χ0) is 26.3. The Kier molecular flexibility index (Phi) is 7.42. The average Bonchev–Trinajstić information content (AvgIpc) is 3.44. The summed E-state index contributed by atoms with van der Waals surface area (Å²) >= 11 is 13.2. The highest BCUT2D eigenvalue weighted by molar-refractivity contribution is 6.24. The molecular formula is C24H30Cl2N8O3. The van der Waals surface area contributed by atoms with Gasteiger partial charge in [-0.15, -0.1) is 28.3 Å². The molecule has 1 aliphatic heterocycles. The topological polar surface area (TPSA) is 141 Å². The summed E-state index contributed by atoms with van der Waals surface area (Å²) in [5, 5.41) is 7.20. The summed E-state index contributed by atoms with van der Waals surface area (Å²) in [6, 6.07) is 3.24. The minimum atomic E-state index is -0.371. The van der Waals surface area contributed by atoms with Crippen LogP contribution in [0.3, 0.4) is 0 Å². The highest BCUT2D eigenvalue weighted by Gasteiger charge is 2.52. The molecule has 3 aromatic heterocycles. The van der Waals surface area contributed by atoms with Crippen LogP contribution in [-0.4, -0.2) is 68.3 Å². The number of amides is 1. The van der Waals surface area contributed by atoms with Crippen LogP contribution in [0.2, 0.25) is 0 Å². The Balaban J connectivity index is 1.41. The molecule has 11 nitrogen and oxygen atoms in total. The van der Waals surface area contributed by atoms with E-state index >= 15 is 0 Å². The van der Waals surface area contributed by atoms with Crippen molar-refractivity contribution in [1.82, 2.24) is 35.8 Å². The lowest BCUT2D eigenvalue weighted by Crippen LogP contribution is -2.58. The number of hydrazine groups is 1. The third-order valence-corrected chi connectivity index (χ3v) is 8.04. The third-order valence-electron chi connectivity index (χ3n) is 7.18. The largest absolute Gasteiger partial charge is 0.495 e. The maximum Gasteiger partial charge on any atom is 0.259 e. The number of nitrogens with zero attached hydrogens (tertiary/aromatic N) is 4. The fourth-order valence-corrected chi connectivity index (χ4v) is 6.34. The monoisotopic (exact) mass is 548 g/mol. The number of methoxy groups -OCH3 is 1. The van der Waals surface area contributed by atoms with Gasteiger partial charge in [0.25, 0.3) is 5.91 Å². The number of aromatic nitrogens is 4. The molecule has 1 aliphatic carbocycles. The molecule has 13 heteroatoms. The first-order valence-corrected chi connectivity index (χ1v) is 13.1. The minimum Gasteiger partial charge on any atom is -0.495 e. The van der Waals surface area contributed by atoms with Crippen molar-refractivity contribution in [3.8, 4) is 17.0 Å². The Morgan fingerprint density at radius 1 is 1.35 bits per heavy atom. The number of pyridine rings is 1. The maximum absolute atomic E-state index is 13.5. The SMILES string of the molecule is CCOC1C(C(C)NC(=O)c2c(N)nn3ccc(-c4cncc(OC)c4)nc23)CC(Cl)C2C(Cl)NNC12. The summed E-state index contributed by atoms with van der Waals surface area (Å²) in [6.07, 6.45) is 5.43. The average molecular weight is 549 g/mol. The highest BCUT2D eigenvalue weighted by Crippen LogP contribution is 2.41. The molecule has 37 heavy (non-hydrogen) atoms. The normalized spacial score (nSPS) is 28.1. The van der Waals surface area contributed by atoms with Crippen LogP contribution in [0.4, 0.5) is 5.82 Å². The lowest BCUT2D eigenvalue weighted by atomic mass is 9.73. The molecule has 3 aromatic rings. The molecule has 0 aromatic carbocycles. The van der Waals surface area contributed by atoms with Crippen LogP contribution >= 0.6 is 23.2 Å². The van der Waals surface area contributed by atoms with E-state index in [2.05, 4.69) is 31.2 Å². The predicted molar refractivity (Wildman–Crippen MR) is 140 cm³/mol. The number of nitrogen functional groups attached to an aromatic ring is 1. The molecule has 2 fully saturated rings. The predicted octanol–water partition coefficient (Wildman–Crippen LogP) is 2.19. The second-order valence-electron chi connectivity index (χ2n) is 9.35. The van der Waals surface area contributed by atoms with Crippen molar-refractivity contribution in [3.05, 3.63) is 36.3 Å². The van der Waals surface area contributed by atoms with Crippen LogP contribution in [0, 0.1) is 11.8 Å². The molecule has 7 unspecified atom stereocenters. The van der Waals surface area contributed by atoms with Crippen molar-refractivity contribution in [1.29, 1.82) is 0 Å². The van der Waals surface area contributed by atoms with E-state index in [9.17, 15) is 4.79 Å². The van der Waals surface area contributed by atoms with E-state index in [0.717, 1.165) is 5.56 Å². The van der Waals surface area contributed by atoms with Crippen LogP contribution in [0.5, 0.6) is 5.75 Å². The third kappa shape index (κ3) is 4.82. The van der Waals surface area contributed by atoms with Crippen LogP contribution in [0.15, 0.2) is 30.7 Å². The number of alkyl halides is 2. The van der Waals surface area contributed by atoms with Crippen molar-refractivity contribution >= 4 is 40.6 Å². The number of rotatable bonds is 7. The van der Waals surface area contributed by atoms with Gasteiger partial charge in [-0.2, -0.15) is 0 Å². The fraction of sp³-hybridized carbons (Fsp3) is 0.500. The Morgan fingerprint density at radius 2 is 2.16 bits per heavy atom. The van der Waals surface area contributed by atoms with Crippen molar-refractivity contribution in [2.45, 2.75) is 49.3 Å². The standard InChI is InChI=1S/C24H30Cl2N8O3/c1-4-37-20-14(8-15(25)17-19(20)31-32-21(17)26)11(2)29-24(35)18-22(27)33-34-6-5-16(30-23(18)34)12-7-13(36-3)10-28-9-12/h5-7,9-11,14-15,17,19-21,31-32H,4,8H2,1-3H3,(H2,27,33)(H,29,35). The molecule has 4 heterocycles. The van der Waals surface area contributed by atoms with Crippen LogP contribution in [0.25, 0.3) is 16.9 Å². The Hall–Kier alpha value is -2.70. The molecular weight excluding hydrogens is 519 g/mol. The van der Waals surface area contributed by atoms with Gasteiger partial charge in [0.15, 0.2) is 11.5 Å². The number of halogens is 2. The molecule has 7 atom stereocenters. The molecule has 1 amide bonds. The molecule has 198 valence electrons. The Bertz CT molecular complexity index is 1290. The number of nitrogens with two attached hydrogens (primary N) is 1. The van der Waals surface area contributed by atoms with Crippen molar-refractivity contribution in [3.63, 3.8) is 0 Å². The minimum absolute atomic E-state index is 0.00279. The molecule has 1 saturated heterocycles. The van der Waals surface area contributed by atoms with Gasteiger partial charge in [0.2, 0.25) is 0 Å². The van der Waals surface area contributed by atoms with E-state index in [-0.39, 0.29) is 58.2 Å². The number of ether oxygens (including phenoxy) is 2. The number of hydrogen-bond acceptors (Lipinski definition) is 9. The fourth-order valence-electron chi connectivity index (χ4n) is 5.37. The lowest BCUT2D eigenvalue weighted by Gasteiger charge is -2.44. The number of nitrogens with one attached hydrogen (secondary N) is 3. The summed E-state index contributed by atoms with van der Waals surface area (Å²) in [4.78, 5) is 22.4. The van der Waals surface area contributed by atoms with E-state index in [1.807, 2.05) is 19.9 Å². The highest BCUT2D eigenvalue weighted by atomic mass is 35.5. The van der Waals surface area contributed by atoms with Gasteiger partial charge in [-0.1, -0.05) is 0 Å². The number of hydrogen-bond donors (Lipinski definition) is 4. The van der Waals surface area contributed by atoms with E-state index < -0.39 is 0 Å². The zero-order valence-electron chi connectivity index (χ0n) is 20.7.